The number of rotatable bonds is 1. The molecule has 9 heavy (non-hydrogen) atoms. The van der Waals surface area contributed by atoms with Crippen LogP contribution >= 0.6 is 21.8 Å². The molecule has 0 aromatic rings. The molecule has 0 saturated carbocycles. The lowest BCUT2D eigenvalue weighted by atomic mass is 10.5. The Hall–Kier alpha value is -0.0900. The van der Waals surface area contributed by atoms with Gasteiger partial charge in [0.15, 0.2) is 0 Å². The molecule has 0 unspecified atom stereocenters. The number of amides is 1. The first-order chi connectivity index (χ1) is 4.34. The summed E-state index contributed by atoms with van der Waals surface area (Å²) in [5.41, 5.74) is 0. The van der Waals surface area contributed by atoms with Gasteiger partial charge in [-0.05, 0) is 6.08 Å². The minimum absolute atomic E-state index is 0.0185. The van der Waals surface area contributed by atoms with Gasteiger partial charge in [0.2, 0.25) is 0 Å². The summed E-state index contributed by atoms with van der Waals surface area (Å²) >= 11 is 0. The van der Waals surface area contributed by atoms with Crippen LogP contribution in [0.15, 0.2) is 12.7 Å². The Kier molecular flexibility index (Phi) is 2.48. The molecule has 50 valence electrons. The molecule has 0 aromatic carbocycles. The van der Waals surface area contributed by atoms with Gasteiger partial charge in [0.05, 0.1) is 0 Å². The van der Waals surface area contributed by atoms with Gasteiger partial charge in [-0.1, -0.05) is 17.4 Å². The first kappa shape index (κ1) is 7.02. The zero-order chi connectivity index (χ0) is 6.69. The number of carbonyl (C=O) groups is 1. The van der Waals surface area contributed by atoms with Crippen LogP contribution in [-0.4, -0.2) is 22.5 Å². The second-order valence-electron chi connectivity index (χ2n) is 1.54. The number of hydrogen-bond donors (Lipinski definition) is 0. The topological polar surface area (TPSA) is 20.3 Å². The highest BCUT2D eigenvalue weighted by molar-refractivity contribution is 8.76. The number of carbonyl (C=O) groups excluding carboxylic acids is 1. The van der Waals surface area contributed by atoms with Gasteiger partial charge in [-0.2, -0.15) is 0 Å². The van der Waals surface area contributed by atoms with E-state index in [0.29, 0.717) is 0 Å². The molecule has 1 aliphatic rings. The van der Waals surface area contributed by atoms with Gasteiger partial charge in [-0.15, -0.1) is 0 Å². The third kappa shape index (κ3) is 1.66. The Morgan fingerprint density at radius 1 is 1.78 bits per heavy atom. The molecule has 1 heterocycles. The quantitative estimate of drug-likeness (QED) is 0.328. The van der Waals surface area contributed by atoms with Gasteiger partial charge in [-0.3, -0.25) is 9.10 Å². The van der Waals surface area contributed by atoms with Crippen LogP contribution in [0, 0.1) is 0 Å². The Balaban J connectivity index is 2.41. The van der Waals surface area contributed by atoms with Crippen molar-refractivity contribution in [2.45, 2.75) is 0 Å². The van der Waals surface area contributed by atoms with Crippen LogP contribution in [0.5, 0.6) is 0 Å². The molecule has 4 heteroatoms. The zero-order valence-corrected chi connectivity index (χ0v) is 6.50. The SMILES string of the molecule is C=CC(=O)N1CCSS1. The monoisotopic (exact) mass is 161 g/mol. The van der Waals surface area contributed by atoms with Crippen LogP contribution < -0.4 is 0 Å². The fourth-order valence-electron chi connectivity index (χ4n) is 0.507. The molecule has 1 fully saturated rings. The van der Waals surface area contributed by atoms with E-state index in [0.717, 1.165) is 12.3 Å². The van der Waals surface area contributed by atoms with Gasteiger partial charge in [0.1, 0.15) is 0 Å². The number of nitrogens with zero attached hydrogens (tertiary/aromatic N) is 1. The van der Waals surface area contributed by atoms with Crippen molar-refractivity contribution in [2.75, 3.05) is 12.3 Å². The lowest BCUT2D eigenvalue weighted by Crippen LogP contribution is -2.19. The maximum absolute atomic E-state index is 10.8. The average Bonchev–Trinajstić information content (AvgIpc) is 2.37. The smallest absolute Gasteiger partial charge is 0.256 e. The van der Waals surface area contributed by atoms with Crippen LogP contribution in [0.25, 0.3) is 0 Å². The van der Waals surface area contributed by atoms with E-state index in [1.165, 1.54) is 17.1 Å². The highest BCUT2D eigenvalue weighted by atomic mass is 33.1. The fraction of sp³-hybridized carbons (Fsp3) is 0.400. The average molecular weight is 161 g/mol. The second-order valence-corrected chi connectivity index (χ2v) is 3.93. The summed E-state index contributed by atoms with van der Waals surface area (Å²) in [6, 6.07) is 0. The van der Waals surface area contributed by atoms with E-state index in [9.17, 15) is 4.79 Å². The van der Waals surface area contributed by atoms with E-state index in [4.69, 9.17) is 0 Å². The first-order valence-corrected chi connectivity index (χ1v) is 4.85. The summed E-state index contributed by atoms with van der Waals surface area (Å²) < 4.78 is 1.71. The molecule has 0 bridgehead atoms. The van der Waals surface area contributed by atoms with E-state index in [1.807, 2.05) is 0 Å². The molecule has 1 amide bonds. The summed E-state index contributed by atoms with van der Waals surface area (Å²) in [6.07, 6.45) is 1.35. The highest BCUT2D eigenvalue weighted by Gasteiger charge is 2.16. The van der Waals surface area contributed by atoms with E-state index in [2.05, 4.69) is 6.58 Å². The third-order valence-electron chi connectivity index (χ3n) is 0.941. The molecule has 0 spiro atoms. The molecule has 0 atom stereocenters. The molecular formula is C5H7NOS2. The van der Waals surface area contributed by atoms with E-state index >= 15 is 0 Å². The van der Waals surface area contributed by atoms with Crippen LogP contribution in [0.2, 0.25) is 0 Å². The minimum Gasteiger partial charge on any atom is -0.273 e. The van der Waals surface area contributed by atoms with Gasteiger partial charge in [0.25, 0.3) is 5.91 Å². The Morgan fingerprint density at radius 3 is 3.00 bits per heavy atom. The normalized spacial score (nSPS) is 18.0. The minimum atomic E-state index is 0.0185. The largest absolute Gasteiger partial charge is 0.273 e. The predicted molar refractivity (Wildman–Crippen MR) is 42.0 cm³/mol. The van der Waals surface area contributed by atoms with Crippen molar-refractivity contribution in [3.63, 3.8) is 0 Å². The first-order valence-electron chi connectivity index (χ1n) is 2.58. The van der Waals surface area contributed by atoms with E-state index in [1.54, 1.807) is 15.1 Å². The van der Waals surface area contributed by atoms with E-state index in [-0.39, 0.29) is 5.91 Å². The molecule has 0 aliphatic carbocycles. The van der Waals surface area contributed by atoms with Gasteiger partial charge >= 0.3 is 0 Å². The van der Waals surface area contributed by atoms with Crippen molar-refractivity contribution in [1.82, 2.24) is 4.31 Å². The van der Waals surface area contributed by atoms with E-state index < -0.39 is 0 Å². The molecule has 0 radical (unpaired) electrons. The third-order valence-corrected chi connectivity index (χ3v) is 3.29. The standard InChI is InChI=1S/C5H7NOS2/c1-2-5(7)6-3-4-8-9-6/h2H,1,3-4H2. The maximum Gasteiger partial charge on any atom is 0.256 e. The van der Waals surface area contributed by atoms with Gasteiger partial charge in [-0.25, -0.2) is 0 Å². The molecule has 0 aromatic heterocycles. The summed E-state index contributed by atoms with van der Waals surface area (Å²) in [7, 11) is 3.20. The van der Waals surface area contributed by atoms with Gasteiger partial charge < -0.3 is 0 Å². The highest BCUT2D eigenvalue weighted by Crippen LogP contribution is 2.32. The second kappa shape index (κ2) is 3.17. The molecular weight excluding hydrogens is 154 g/mol. The molecule has 2 nitrogen and oxygen atoms in total. The Labute approximate surface area is 62.2 Å². The van der Waals surface area contributed by atoms with Crippen LogP contribution in [-0.2, 0) is 4.79 Å². The summed E-state index contributed by atoms with van der Waals surface area (Å²) in [4.78, 5) is 10.8. The molecule has 1 aliphatic heterocycles. The van der Waals surface area contributed by atoms with Crippen molar-refractivity contribution in [3.05, 3.63) is 12.7 Å². The predicted octanol–water partition coefficient (Wildman–Crippen LogP) is 1.31. The van der Waals surface area contributed by atoms with Crippen LogP contribution in [0.4, 0.5) is 0 Å². The summed E-state index contributed by atoms with van der Waals surface area (Å²) in [5.74, 6) is 1.05. The number of hydrogen-bond acceptors (Lipinski definition) is 3. The maximum atomic E-state index is 10.8. The van der Waals surface area contributed by atoms with Crippen LogP contribution in [0.1, 0.15) is 0 Å². The van der Waals surface area contributed by atoms with Crippen molar-refractivity contribution in [1.29, 1.82) is 0 Å². The Morgan fingerprint density at radius 2 is 2.56 bits per heavy atom. The summed E-state index contributed by atoms with van der Waals surface area (Å²) in [6.45, 7) is 4.24. The fourth-order valence-corrected chi connectivity index (χ4v) is 2.67. The van der Waals surface area contributed by atoms with Crippen LogP contribution in [0.3, 0.4) is 0 Å². The zero-order valence-electron chi connectivity index (χ0n) is 4.87. The molecule has 1 rings (SSSR count). The van der Waals surface area contributed by atoms with Gasteiger partial charge in [0, 0.05) is 23.3 Å². The Bertz CT molecular complexity index is 131. The van der Waals surface area contributed by atoms with Crippen molar-refractivity contribution in [2.24, 2.45) is 0 Å². The van der Waals surface area contributed by atoms with Crippen molar-refractivity contribution >= 4 is 27.7 Å². The lowest BCUT2D eigenvalue weighted by Gasteiger charge is -2.07. The molecule has 0 N–H and O–H groups in total. The summed E-state index contributed by atoms with van der Waals surface area (Å²) in [5, 5.41) is 0. The molecule has 1 saturated heterocycles. The van der Waals surface area contributed by atoms with Crippen molar-refractivity contribution in [3.8, 4) is 0 Å². The lowest BCUT2D eigenvalue weighted by molar-refractivity contribution is -0.120. The van der Waals surface area contributed by atoms with Crippen molar-refractivity contribution < 1.29 is 4.79 Å².